The van der Waals surface area contributed by atoms with Crippen LogP contribution in [0, 0.1) is 0 Å². The van der Waals surface area contributed by atoms with E-state index in [2.05, 4.69) is 51.2 Å². The van der Waals surface area contributed by atoms with Gasteiger partial charge in [0, 0.05) is 60.6 Å². The number of piperazine rings is 1. The average Bonchev–Trinajstić information content (AvgIpc) is 3.19. The van der Waals surface area contributed by atoms with Crippen molar-refractivity contribution in [3.05, 3.63) is 47.6 Å². The monoisotopic (exact) mass is 439 g/mol. The fourth-order valence-electron chi connectivity index (χ4n) is 4.97. The summed E-state index contributed by atoms with van der Waals surface area (Å²) in [6, 6.07) is 4.17. The molecular weight excluding hydrogens is 410 g/mol. The molecule has 33 heavy (non-hydrogen) atoms. The normalized spacial score (nSPS) is 16.8. The Balaban J connectivity index is 1.57. The number of hydrogen-bond acceptors (Lipinski definition) is 6. The van der Waals surface area contributed by atoms with Crippen LogP contribution in [0.5, 0.6) is 0 Å². The highest BCUT2D eigenvalue weighted by Gasteiger charge is 2.27. The van der Waals surface area contributed by atoms with E-state index in [1.54, 1.807) is 0 Å². The van der Waals surface area contributed by atoms with Gasteiger partial charge in [-0.3, -0.25) is 4.98 Å². The Bertz CT molecular complexity index is 1360. The molecule has 0 aromatic carbocycles. The van der Waals surface area contributed by atoms with Crippen molar-refractivity contribution < 1.29 is 0 Å². The van der Waals surface area contributed by atoms with Crippen LogP contribution >= 0.6 is 0 Å². The molecule has 7 heteroatoms. The highest BCUT2D eigenvalue weighted by atomic mass is 15.2. The van der Waals surface area contributed by atoms with Crippen LogP contribution < -0.4 is 10.2 Å². The molecule has 1 aliphatic carbocycles. The molecule has 0 bridgehead atoms. The number of nitrogens with one attached hydrogen (secondary N) is 2. The van der Waals surface area contributed by atoms with Crippen LogP contribution in [0.2, 0.25) is 0 Å². The third kappa shape index (κ3) is 3.66. The number of anilines is 1. The third-order valence-electron chi connectivity index (χ3n) is 6.82. The van der Waals surface area contributed by atoms with Gasteiger partial charge >= 0.3 is 0 Å². The van der Waals surface area contributed by atoms with Crippen molar-refractivity contribution in [2.45, 2.75) is 39.0 Å². The molecule has 6 rings (SSSR count). The molecule has 1 saturated heterocycles. The van der Waals surface area contributed by atoms with Gasteiger partial charge in [-0.25, -0.2) is 15.0 Å². The third-order valence-corrected chi connectivity index (χ3v) is 6.82. The second kappa shape index (κ2) is 8.23. The number of aromatic amines is 1. The lowest BCUT2D eigenvalue weighted by atomic mass is 9.79. The zero-order valence-electron chi connectivity index (χ0n) is 19.2. The Hall–Kier alpha value is -3.32. The van der Waals surface area contributed by atoms with Crippen molar-refractivity contribution in [2.24, 2.45) is 0 Å². The largest absolute Gasteiger partial charge is 0.353 e. The highest BCUT2D eigenvalue weighted by Crippen LogP contribution is 2.42. The van der Waals surface area contributed by atoms with Gasteiger partial charge in [-0.05, 0) is 56.4 Å². The summed E-state index contributed by atoms with van der Waals surface area (Å²) >= 11 is 0. The maximum atomic E-state index is 5.22. The van der Waals surface area contributed by atoms with Gasteiger partial charge in [0.1, 0.15) is 11.5 Å². The zero-order valence-corrected chi connectivity index (χ0v) is 19.2. The summed E-state index contributed by atoms with van der Waals surface area (Å²) in [6.07, 6.45) is 11.7. The standard InChI is InChI=1S/C26H29N7/c1-16(2)12-18-13-20-19(6-7-29-24(20)30-18)25-31-22-15-28-14-21(17-4-3-5-17)23(22)26(32-25)33-10-8-27-9-11-33/h6-7,12-15,17,27H,3-5,8-11H2,1-2H3,(H,29,30). The number of hydrogen-bond donors (Lipinski definition) is 2. The Kier molecular flexibility index (Phi) is 5.06. The molecule has 1 aliphatic heterocycles. The molecule has 4 aromatic heterocycles. The van der Waals surface area contributed by atoms with E-state index in [0.717, 1.165) is 65.6 Å². The molecule has 1 saturated carbocycles. The van der Waals surface area contributed by atoms with Gasteiger partial charge in [0.25, 0.3) is 0 Å². The summed E-state index contributed by atoms with van der Waals surface area (Å²) in [7, 11) is 0. The van der Waals surface area contributed by atoms with E-state index in [1.807, 2.05) is 24.7 Å². The predicted octanol–water partition coefficient (Wildman–Crippen LogP) is 4.67. The second-order valence-corrected chi connectivity index (χ2v) is 9.43. The molecule has 2 fully saturated rings. The van der Waals surface area contributed by atoms with E-state index in [0.29, 0.717) is 5.92 Å². The Morgan fingerprint density at radius 1 is 1.12 bits per heavy atom. The highest BCUT2D eigenvalue weighted by molar-refractivity contribution is 5.97. The Morgan fingerprint density at radius 3 is 2.73 bits per heavy atom. The fourth-order valence-corrected chi connectivity index (χ4v) is 4.97. The summed E-state index contributed by atoms with van der Waals surface area (Å²) in [5.41, 5.74) is 6.38. The molecule has 0 atom stereocenters. The number of nitrogens with zero attached hydrogens (tertiary/aromatic N) is 5. The first-order valence-electron chi connectivity index (χ1n) is 11.9. The van der Waals surface area contributed by atoms with Crippen molar-refractivity contribution in [3.8, 4) is 11.4 Å². The lowest BCUT2D eigenvalue weighted by molar-refractivity contribution is 0.421. The van der Waals surface area contributed by atoms with E-state index >= 15 is 0 Å². The van der Waals surface area contributed by atoms with Crippen LogP contribution in [-0.4, -0.2) is 51.1 Å². The maximum absolute atomic E-state index is 5.22. The van der Waals surface area contributed by atoms with Gasteiger partial charge in [0.15, 0.2) is 5.82 Å². The van der Waals surface area contributed by atoms with Crippen LogP contribution in [0.15, 0.2) is 36.3 Å². The fraction of sp³-hybridized carbons (Fsp3) is 0.385. The molecule has 0 unspecified atom stereocenters. The maximum Gasteiger partial charge on any atom is 0.163 e. The van der Waals surface area contributed by atoms with Gasteiger partial charge in [-0.15, -0.1) is 0 Å². The number of pyridine rings is 2. The van der Waals surface area contributed by atoms with Gasteiger partial charge in [0.2, 0.25) is 0 Å². The molecule has 4 aromatic rings. The lowest BCUT2D eigenvalue weighted by Gasteiger charge is -2.32. The quantitative estimate of drug-likeness (QED) is 0.481. The van der Waals surface area contributed by atoms with Crippen molar-refractivity contribution in [1.82, 2.24) is 30.2 Å². The molecule has 168 valence electrons. The molecular formula is C26H29N7. The van der Waals surface area contributed by atoms with Crippen molar-refractivity contribution in [1.29, 1.82) is 0 Å². The zero-order chi connectivity index (χ0) is 22.4. The van der Waals surface area contributed by atoms with Crippen LogP contribution in [0.3, 0.4) is 0 Å². The average molecular weight is 440 g/mol. The van der Waals surface area contributed by atoms with Gasteiger partial charge in [-0.1, -0.05) is 12.0 Å². The summed E-state index contributed by atoms with van der Waals surface area (Å²) in [6.45, 7) is 8.01. The molecule has 0 amide bonds. The minimum absolute atomic E-state index is 0.571. The summed E-state index contributed by atoms with van der Waals surface area (Å²) in [5, 5.41) is 5.69. The predicted molar refractivity (Wildman–Crippen MR) is 133 cm³/mol. The summed E-state index contributed by atoms with van der Waals surface area (Å²) < 4.78 is 0. The number of allylic oxidation sites excluding steroid dienone is 1. The van der Waals surface area contributed by atoms with Crippen LogP contribution in [0.25, 0.3) is 39.4 Å². The number of rotatable bonds is 4. The van der Waals surface area contributed by atoms with Crippen molar-refractivity contribution >= 4 is 33.8 Å². The van der Waals surface area contributed by atoms with E-state index in [1.165, 1.54) is 35.8 Å². The number of fused-ring (bicyclic) bond motifs is 2. The first-order valence-corrected chi connectivity index (χ1v) is 11.9. The van der Waals surface area contributed by atoms with Gasteiger partial charge in [0.05, 0.1) is 11.7 Å². The van der Waals surface area contributed by atoms with Crippen LogP contribution in [-0.2, 0) is 0 Å². The summed E-state index contributed by atoms with van der Waals surface area (Å²) in [4.78, 5) is 25.2. The molecule has 5 heterocycles. The Morgan fingerprint density at radius 2 is 1.97 bits per heavy atom. The van der Waals surface area contributed by atoms with E-state index in [4.69, 9.17) is 9.97 Å². The topological polar surface area (TPSA) is 82.6 Å². The Labute approximate surface area is 193 Å². The molecule has 0 radical (unpaired) electrons. The number of H-pyrrole nitrogens is 1. The lowest BCUT2D eigenvalue weighted by Crippen LogP contribution is -2.44. The van der Waals surface area contributed by atoms with Crippen LogP contribution in [0.1, 0.15) is 50.3 Å². The second-order valence-electron chi connectivity index (χ2n) is 9.43. The van der Waals surface area contributed by atoms with Gasteiger partial charge < -0.3 is 15.2 Å². The van der Waals surface area contributed by atoms with Crippen molar-refractivity contribution in [3.63, 3.8) is 0 Å². The van der Waals surface area contributed by atoms with E-state index in [-0.39, 0.29) is 0 Å². The molecule has 2 aliphatic rings. The first kappa shape index (κ1) is 20.3. The minimum Gasteiger partial charge on any atom is -0.353 e. The smallest absolute Gasteiger partial charge is 0.163 e. The molecule has 0 spiro atoms. The molecule has 7 nitrogen and oxygen atoms in total. The van der Waals surface area contributed by atoms with E-state index < -0.39 is 0 Å². The first-order chi connectivity index (χ1) is 16.2. The van der Waals surface area contributed by atoms with E-state index in [9.17, 15) is 0 Å². The molecule has 2 N–H and O–H groups in total. The summed E-state index contributed by atoms with van der Waals surface area (Å²) in [5.74, 6) is 2.35. The van der Waals surface area contributed by atoms with Gasteiger partial charge in [-0.2, -0.15) is 0 Å². The van der Waals surface area contributed by atoms with Crippen LogP contribution in [0.4, 0.5) is 5.82 Å². The van der Waals surface area contributed by atoms with Crippen molar-refractivity contribution in [2.75, 3.05) is 31.1 Å². The minimum atomic E-state index is 0.571. The SMILES string of the molecule is CC(C)=Cc1cc2c(-c3nc(N4CCNCC4)c4c(C5CCC5)cncc4n3)ccnc2[nH]1. The number of aromatic nitrogens is 5.